The Morgan fingerprint density at radius 3 is 3.14 bits per heavy atom. The van der Waals surface area contributed by atoms with Gasteiger partial charge in [-0.25, -0.2) is 4.98 Å². The highest BCUT2D eigenvalue weighted by atomic mass is 79.9. The average molecular weight is 499 g/mol. The number of nitrogens with one attached hydrogen (secondary N) is 1. The van der Waals surface area contributed by atoms with Gasteiger partial charge in [-0.1, -0.05) is 39.0 Å². The molecule has 10 heteroatoms. The number of thioether (sulfide) groups is 1. The number of benzene rings is 1. The summed E-state index contributed by atoms with van der Waals surface area (Å²) in [5.74, 6) is 1.58. The Hall–Kier alpha value is -1.20. The molecule has 3 heterocycles. The van der Waals surface area contributed by atoms with Crippen LogP contribution in [-0.4, -0.2) is 41.5 Å². The van der Waals surface area contributed by atoms with Crippen molar-refractivity contribution in [1.29, 1.82) is 0 Å². The maximum atomic E-state index is 5.62. The van der Waals surface area contributed by atoms with Crippen molar-refractivity contribution in [3.8, 4) is 16.3 Å². The highest BCUT2D eigenvalue weighted by Gasteiger charge is 2.16. The van der Waals surface area contributed by atoms with Crippen LogP contribution in [0.4, 0.5) is 5.13 Å². The molecule has 1 aromatic carbocycles. The number of nitrogens with zero attached hydrogens (tertiary/aromatic N) is 3. The summed E-state index contributed by atoms with van der Waals surface area (Å²) in [7, 11) is 1.68. The van der Waals surface area contributed by atoms with Crippen LogP contribution >= 0.6 is 50.4 Å². The molecule has 28 heavy (non-hydrogen) atoms. The van der Waals surface area contributed by atoms with Crippen LogP contribution < -0.4 is 10.1 Å². The first-order valence-corrected chi connectivity index (χ1v) is 12.3. The quantitative estimate of drug-likeness (QED) is 0.421. The fourth-order valence-electron chi connectivity index (χ4n) is 2.83. The Kier molecular flexibility index (Phi) is 6.84. The molecule has 0 radical (unpaired) electrons. The van der Waals surface area contributed by atoms with E-state index in [-0.39, 0.29) is 0 Å². The van der Waals surface area contributed by atoms with Crippen LogP contribution in [0.15, 0.2) is 32.4 Å². The second-order valence-electron chi connectivity index (χ2n) is 6.17. The molecule has 0 amide bonds. The fraction of sp³-hybridized carbons (Fsp3) is 0.389. The molecule has 1 aliphatic rings. The lowest BCUT2D eigenvalue weighted by atomic mass is 10.2. The third-order valence-electron chi connectivity index (χ3n) is 4.20. The van der Waals surface area contributed by atoms with E-state index < -0.39 is 0 Å². The minimum absolute atomic E-state index is 0.295. The van der Waals surface area contributed by atoms with Crippen LogP contribution in [-0.2, 0) is 10.5 Å². The van der Waals surface area contributed by atoms with Gasteiger partial charge in [0.1, 0.15) is 10.8 Å². The van der Waals surface area contributed by atoms with E-state index in [0.29, 0.717) is 6.10 Å². The number of methoxy groups -OCH3 is 1. The monoisotopic (exact) mass is 498 g/mol. The molecule has 148 valence electrons. The Morgan fingerprint density at radius 1 is 1.39 bits per heavy atom. The second kappa shape index (κ2) is 9.53. The van der Waals surface area contributed by atoms with Crippen molar-refractivity contribution in [3.63, 3.8) is 0 Å². The first kappa shape index (κ1) is 20.1. The molecule has 3 aromatic rings. The first-order chi connectivity index (χ1) is 13.7. The molecule has 1 atom stereocenters. The van der Waals surface area contributed by atoms with E-state index in [1.807, 2.05) is 18.2 Å². The van der Waals surface area contributed by atoms with E-state index >= 15 is 0 Å². The zero-order valence-electron chi connectivity index (χ0n) is 15.2. The Labute approximate surface area is 184 Å². The average Bonchev–Trinajstić information content (AvgIpc) is 3.46. The zero-order chi connectivity index (χ0) is 19.3. The smallest absolute Gasteiger partial charge is 0.206 e. The molecule has 6 nitrogen and oxygen atoms in total. The largest absolute Gasteiger partial charge is 0.496 e. The predicted octanol–water partition coefficient (Wildman–Crippen LogP) is 5.32. The zero-order valence-corrected chi connectivity index (χ0v) is 19.2. The Balaban J connectivity index is 1.34. The van der Waals surface area contributed by atoms with Gasteiger partial charge in [0, 0.05) is 28.8 Å². The molecule has 0 bridgehead atoms. The van der Waals surface area contributed by atoms with Gasteiger partial charge in [0.2, 0.25) is 5.13 Å². The second-order valence-corrected chi connectivity index (χ2v) is 10.1. The molecule has 0 spiro atoms. The molecule has 1 saturated heterocycles. The molecule has 0 saturated carbocycles. The third kappa shape index (κ3) is 5.04. The lowest BCUT2D eigenvalue weighted by Crippen LogP contribution is -2.18. The summed E-state index contributed by atoms with van der Waals surface area (Å²) in [6.45, 7) is 1.66. The Bertz CT molecular complexity index is 927. The lowest BCUT2D eigenvalue weighted by Gasteiger charge is -2.08. The number of ether oxygens (including phenoxy) is 2. The van der Waals surface area contributed by atoms with Crippen LogP contribution in [0.3, 0.4) is 0 Å². The van der Waals surface area contributed by atoms with Crippen molar-refractivity contribution in [2.75, 3.05) is 25.6 Å². The lowest BCUT2D eigenvalue weighted by molar-refractivity contribution is 0.120. The maximum Gasteiger partial charge on any atom is 0.206 e. The van der Waals surface area contributed by atoms with Crippen LogP contribution in [0.2, 0.25) is 0 Å². The minimum atomic E-state index is 0.295. The van der Waals surface area contributed by atoms with Crippen LogP contribution in [0.25, 0.3) is 10.6 Å². The highest BCUT2D eigenvalue weighted by molar-refractivity contribution is 9.10. The fourth-order valence-corrected chi connectivity index (χ4v) is 5.78. The predicted molar refractivity (Wildman–Crippen MR) is 119 cm³/mol. The summed E-state index contributed by atoms with van der Waals surface area (Å²) in [5.41, 5.74) is 2.02. The highest BCUT2D eigenvalue weighted by Crippen LogP contribution is 2.36. The topological polar surface area (TPSA) is 69.2 Å². The van der Waals surface area contributed by atoms with Crippen LogP contribution in [0.1, 0.15) is 18.5 Å². The van der Waals surface area contributed by atoms with Crippen molar-refractivity contribution in [2.24, 2.45) is 0 Å². The van der Waals surface area contributed by atoms with Crippen molar-refractivity contribution in [3.05, 3.63) is 33.7 Å². The Morgan fingerprint density at radius 2 is 2.32 bits per heavy atom. The van der Waals surface area contributed by atoms with Crippen molar-refractivity contribution in [2.45, 2.75) is 29.0 Å². The van der Waals surface area contributed by atoms with Gasteiger partial charge in [0.15, 0.2) is 4.34 Å². The van der Waals surface area contributed by atoms with E-state index in [1.165, 1.54) is 0 Å². The summed E-state index contributed by atoms with van der Waals surface area (Å²) in [6.07, 6.45) is 2.55. The molecule has 0 aliphatic carbocycles. The first-order valence-electron chi connectivity index (χ1n) is 8.81. The van der Waals surface area contributed by atoms with Crippen LogP contribution in [0, 0.1) is 0 Å². The van der Waals surface area contributed by atoms with E-state index in [0.717, 1.165) is 67.7 Å². The van der Waals surface area contributed by atoms with Gasteiger partial charge in [-0.2, -0.15) is 0 Å². The summed E-state index contributed by atoms with van der Waals surface area (Å²) in [5, 5.41) is 15.7. The van der Waals surface area contributed by atoms with Gasteiger partial charge in [0.25, 0.3) is 0 Å². The molecule has 2 aromatic heterocycles. The standard InChI is InChI=1S/C18H19BrN4O2S3/c1-24-15-5-4-11(19)7-14(15)16-21-12(9-26-16)10-27-18-23-22-17(28-18)20-8-13-3-2-6-25-13/h4-5,7,9,13H,2-3,6,8,10H2,1H3,(H,20,22). The number of anilines is 1. The SMILES string of the molecule is COc1ccc(Br)cc1-c1nc(CSc2nnc(NCC3CCCO3)s2)cs1. The molecule has 4 rings (SSSR count). The summed E-state index contributed by atoms with van der Waals surface area (Å²) < 4.78 is 13.0. The van der Waals surface area contributed by atoms with Gasteiger partial charge in [-0.15, -0.1) is 21.5 Å². The van der Waals surface area contributed by atoms with Gasteiger partial charge in [-0.3, -0.25) is 0 Å². The van der Waals surface area contributed by atoms with Crippen LogP contribution in [0.5, 0.6) is 5.75 Å². The van der Waals surface area contributed by atoms with E-state index in [4.69, 9.17) is 14.5 Å². The summed E-state index contributed by atoms with van der Waals surface area (Å²) in [6, 6.07) is 5.94. The van der Waals surface area contributed by atoms with Crippen molar-refractivity contribution >= 4 is 55.5 Å². The van der Waals surface area contributed by atoms with E-state index in [9.17, 15) is 0 Å². The molecular weight excluding hydrogens is 480 g/mol. The number of aromatic nitrogens is 3. The number of thiazole rings is 1. The van der Waals surface area contributed by atoms with Gasteiger partial charge < -0.3 is 14.8 Å². The number of hydrogen-bond acceptors (Lipinski definition) is 9. The number of rotatable bonds is 8. The van der Waals surface area contributed by atoms with Crippen molar-refractivity contribution in [1.82, 2.24) is 15.2 Å². The van der Waals surface area contributed by atoms with Gasteiger partial charge in [-0.05, 0) is 31.0 Å². The maximum absolute atomic E-state index is 5.62. The number of halogens is 1. The third-order valence-corrected chi connectivity index (χ3v) is 7.66. The number of hydrogen-bond donors (Lipinski definition) is 1. The van der Waals surface area contributed by atoms with Crippen molar-refractivity contribution < 1.29 is 9.47 Å². The molecule has 1 unspecified atom stereocenters. The van der Waals surface area contributed by atoms with E-state index in [2.05, 4.69) is 36.8 Å². The normalized spacial score (nSPS) is 16.4. The molecule has 1 N–H and O–H groups in total. The van der Waals surface area contributed by atoms with Gasteiger partial charge in [0.05, 0.1) is 24.5 Å². The summed E-state index contributed by atoms with van der Waals surface area (Å²) in [4.78, 5) is 4.76. The summed E-state index contributed by atoms with van der Waals surface area (Å²) >= 11 is 8.36. The molecular formula is C18H19BrN4O2S3. The van der Waals surface area contributed by atoms with E-state index in [1.54, 1.807) is 41.5 Å². The molecule has 1 aliphatic heterocycles. The minimum Gasteiger partial charge on any atom is -0.496 e. The van der Waals surface area contributed by atoms with Gasteiger partial charge >= 0.3 is 0 Å². The molecule has 1 fully saturated rings.